The molecule has 8 heteroatoms. The van der Waals surface area contributed by atoms with Crippen LogP contribution in [0.5, 0.6) is 0 Å². The molecule has 1 aromatic carbocycles. The van der Waals surface area contributed by atoms with Gasteiger partial charge in [0.1, 0.15) is 23.3 Å². The molecule has 2 saturated heterocycles. The number of rotatable bonds is 6. The largest absolute Gasteiger partial charge is 0.373 e. The average molecular weight is 495 g/mol. The Morgan fingerprint density at radius 2 is 1.79 bits per heavy atom. The lowest BCUT2D eigenvalue weighted by Crippen LogP contribution is -2.46. The molecule has 0 unspecified atom stereocenters. The Balaban J connectivity index is 1.20. The van der Waals surface area contributed by atoms with Gasteiger partial charge >= 0.3 is 0 Å². The first-order valence-electron chi connectivity index (χ1n) is 11.8. The number of hydrogen-bond acceptors (Lipinski definition) is 6. The third kappa shape index (κ3) is 3.96. The van der Waals surface area contributed by atoms with Gasteiger partial charge in [-0.1, -0.05) is 34.4 Å². The van der Waals surface area contributed by atoms with E-state index in [0.717, 1.165) is 55.7 Å². The summed E-state index contributed by atoms with van der Waals surface area (Å²) in [7, 11) is 0. The van der Waals surface area contributed by atoms with Crippen molar-refractivity contribution in [3.8, 4) is 17.3 Å². The first kappa shape index (κ1) is 21.9. The fraction of sp³-hybridized carbons (Fsp3) is 0.423. The summed E-state index contributed by atoms with van der Waals surface area (Å²) in [6.45, 7) is 0.436. The Hall–Kier alpha value is -2.59. The number of pyridine rings is 1. The third-order valence-corrected chi connectivity index (χ3v) is 7.89. The number of halogens is 2. The maximum Gasteiger partial charge on any atom is 0.145 e. The van der Waals surface area contributed by atoms with Crippen LogP contribution in [0.3, 0.4) is 0 Å². The standard InChI is InChI=1S/C26H24Cl2N4O2/c27-21-2-1-3-22(28)24(21)25-20(26(34-31-25)16-5-6-16)14-33-19-10-17-7-8-18(11-19)32(17)23-9-4-15(12-29)13-30-23/h1-4,9,13,16-19H,5-8,10-11,14H2/t17-,18+,19+. The van der Waals surface area contributed by atoms with E-state index in [1.165, 1.54) is 0 Å². The Bertz CT molecular complexity index is 1210. The molecule has 3 aliphatic rings. The molecule has 1 aliphatic carbocycles. The Labute approximate surface area is 208 Å². The SMILES string of the molecule is N#Cc1ccc(N2[C@@H]3CC[C@H]2C[C@@H](OCc2c(-c4c(Cl)cccc4Cl)noc2C2CC2)C3)nc1. The molecule has 0 amide bonds. The number of hydrogen-bond donors (Lipinski definition) is 0. The Kier molecular flexibility index (Phi) is 5.73. The lowest BCUT2D eigenvalue weighted by Gasteiger charge is -2.39. The lowest BCUT2D eigenvalue weighted by atomic mass is 9.99. The molecule has 0 N–H and O–H groups in total. The summed E-state index contributed by atoms with van der Waals surface area (Å²) in [5.74, 6) is 2.27. The van der Waals surface area contributed by atoms with Crippen molar-refractivity contribution in [1.29, 1.82) is 5.26 Å². The molecule has 1 saturated carbocycles. The van der Waals surface area contributed by atoms with Crippen LogP contribution < -0.4 is 4.90 Å². The van der Waals surface area contributed by atoms with Gasteiger partial charge in [0.25, 0.3) is 0 Å². The summed E-state index contributed by atoms with van der Waals surface area (Å²) in [6, 6.07) is 12.2. The second-order valence-corrected chi connectivity index (χ2v) is 10.3. The van der Waals surface area contributed by atoms with Crippen molar-refractivity contribution in [2.75, 3.05) is 4.90 Å². The monoisotopic (exact) mass is 494 g/mol. The van der Waals surface area contributed by atoms with E-state index in [1.807, 2.05) is 30.3 Å². The fourth-order valence-corrected chi connectivity index (χ4v) is 6.07. The van der Waals surface area contributed by atoms with Crippen molar-refractivity contribution >= 4 is 29.0 Å². The van der Waals surface area contributed by atoms with E-state index in [4.69, 9.17) is 37.7 Å². The molecule has 3 fully saturated rings. The predicted molar refractivity (Wildman–Crippen MR) is 130 cm³/mol. The minimum atomic E-state index is 0.156. The molecule has 174 valence electrons. The predicted octanol–water partition coefficient (Wildman–Crippen LogP) is 6.51. The number of nitriles is 1. The van der Waals surface area contributed by atoms with E-state index in [0.29, 0.717) is 51.5 Å². The van der Waals surface area contributed by atoms with Gasteiger partial charge in [0.15, 0.2) is 0 Å². The lowest BCUT2D eigenvalue weighted by molar-refractivity contribution is 0.0146. The van der Waals surface area contributed by atoms with Gasteiger partial charge in [-0.3, -0.25) is 0 Å². The highest BCUT2D eigenvalue weighted by molar-refractivity contribution is 6.39. The maximum atomic E-state index is 9.06. The van der Waals surface area contributed by atoms with Crippen LogP contribution in [-0.2, 0) is 11.3 Å². The van der Waals surface area contributed by atoms with Crippen LogP contribution in [-0.4, -0.2) is 28.3 Å². The van der Waals surface area contributed by atoms with Crippen LogP contribution in [0.1, 0.15) is 61.3 Å². The minimum Gasteiger partial charge on any atom is -0.373 e. The van der Waals surface area contributed by atoms with Gasteiger partial charge < -0.3 is 14.2 Å². The van der Waals surface area contributed by atoms with Crippen molar-refractivity contribution in [3.05, 3.63) is 63.5 Å². The number of benzene rings is 1. The highest BCUT2D eigenvalue weighted by Gasteiger charge is 2.42. The van der Waals surface area contributed by atoms with Gasteiger partial charge in [-0.25, -0.2) is 4.98 Å². The van der Waals surface area contributed by atoms with Crippen molar-refractivity contribution in [3.63, 3.8) is 0 Å². The molecule has 4 heterocycles. The van der Waals surface area contributed by atoms with Crippen molar-refractivity contribution < 1.29 is 9.26 Å². The van der Waals surface area contributed by atoms with Crippen molar-refractivity contribution in [1.82, 2.24) is 10.1 Å². The Morgan fingerprint density at radius 3 is 2.41 bits per heavy atom. The second-order valence-electron chi connectivity index (χ2n) is 9.46. The highest BCUT2D eigenvalue weighted by atomic mass is 35.5. The zero-order valence-electron chi connectivity index (χ0n) is 18.6. The van der Waals surface area contributed by atoms with Gasteiger partial charge in [0.2, 0.25) is 0 Å². The van der Waals surface area contributed by atoms with E-state index < -0.39 is 0 Å². The van der Waals surface area contributed by atoms with Crippen LogP contribution in [0.4, 0.5) is 5.82 Å². The normalized spacial score (nSPS) is 23.8. The van der Waals surface area contributed by atoms with Gasteiger partial charge in [0.05, 0.1) is 28.3 Å². The summed E-state index contributed by atoms with van der Waals surface area (Å²) in [5, 5.41) is 14.6. The van der Waals surface area contributed by atoms with E-state index in [9.17, 15) is 0 Å². The van der Waals surface area contributed by atoms with Gasteiger partial charge in [0, 0.05) is 35.3 Å². The second kappa shape index (κ2) is 8.88. The molecule has 0 spiro atoms. The van der Waals surface area contributed by atoms with E-state index >= 15 is 0 Å². The summed E-state index contributed by atoms with van der Waals surface area (Å²) in [4.78, 5) is 6.96. The summed E-state index contributed by atoms with van der Waals surface area (Å²) in [6.07, 6.45) is 8.19. The third-order valence-electron chi connectivity index (χ3n) is 7.26. The molecule has 2 aromatic heterocycles. The molecule has 3 aromatic rings. The minimum absolute atomic E-state index is 0.156. The molecule has 3 atom stereocenters. The summed E-state index contributed by atoms with van der Waals surface area (Å²) in [5.41, 5.74) is 2.96. The number of ether oxygens (including phenoxy) is 1. The molecule has 6 nitrogen and oxygen atoms in total. The molecule has 2 bridgehead atoms. The van der Waals surface area contributed by atoms with Gasteiger partial charge in [-0.05, 0) is 62.8 Å². The van der Waals surface area contributed by atoms with Gasteiger partial charge in [-0.2, -0.15) is 5.26 Å². The van der Waals surface area contributed by atoms with Crippen LogP contribution in [0, 0.1) is 11.3 Å². The van der Waals surface area contributed by atoms with Gasteiger partial charge in [-0.15, -0.1) is 0 Å². The maximum absolute atomic E-state index is 9.06. The van der Waals surface area contributed by atoms with Crippen LogP contribution in [0.25, 0.3) is 11.3 Å². The quantitative estimate of drug-likeness (QED) is 0.388. The van der Waals surface area contributed by atoms with Crippen molar-refractivity contribution in [2.45, 2.75) is 69.2 Å². The molecular formula is C26H24Cl2N4O2. The highest BCUT2D eigenvalue weighted by Crippen LogP contribution is 2.46. The number of aromatic nitrogens is 2. The summed E-state index contributed by atoms with van der Waals surface area (Å²) >= 11 is 13.0. The molecule has 2 aliphatic heterocycles. The smallest absolute Gasteiger partial charge is 0.145 e. The van der Waals surface area contributed by atoms with E-state index in [-0.39, 0.29) is 6.10 Å². The van der Waals surface area contributed by atoms with Crippen LogP contribution in [0.15, 0.2) is 41.1 Å². The Morgan fingerprint density at radius 1 is 1.06 bits per heavy atom. The molecular weight excluding hydrogens is 471 g/mol. The first-order chi connectivity index (χ1) is 16.6. The zero-order chi connectivity index (χ0) is 23.2. The number of fused-ring (bicyclic) bond motifs is 2. The number of anilines is 1. The van der Waals surface area contributed by atoms with E-state index in [1.54, 1.807) is 6.20 Å². The average Bonchev–Trinajstić information content (AvgIpc) is 3.55. The molecule has 34 heavy (non-hydrogen) atoms. The fourth-order valence-electron chi connectivity index (χ4n) is 5.49. The topological polar surface area (TPSA) is 75.2 Å². The van der Waals surface area contributed by atoms with E-state index in [2.05, 4.69) is 21.1 Å². The molecule has 0 radical (unpaired) electrons. The molecule has 6 rings (SSSR count). The number of piperidine rings is 1. The number of nitrogens with zero attached hydrogens (tertiary/aromatic N) is 4. The van der Waals surface area contributed by atoms with Crippen LogP contribution in [0.2, 0.25) is 10.0 Å². The first-order valence-corrected chi connectivity index (χ1v) is 12.6. The summed E-state index contributed by atoms with van der Waals surface area (Å²) < 4.78 is 12.3. The zero-order valence-corrected chi connectivity index (χ0v) is 20.1. The van der Waals surface area contributed by atoms with Crippen LogP contribution >= 0.6 is 23.2 Å². The van der Waals surface area contributed by atoms with Crippen molar-refractivity contribution in [2.24, 2.45) is 0 Å².